The molecule has 4 heteroatoms. The topological polar surface area (TPSA) is 41.1 Å². The van der Waals surface area contributed by atoms with Gasteiger partial charge in [-0.1, -0.05) is 25.3 Å². The van der Waals surface area contributed by atoms with Gasteiger partial charge in [0.1, 0.15) is 0 Å². The van der Waals surface area contributed by atoms with Gasteiger partial charge in [-0.2, -0.15) is 0 Å². The Morgan fingerprint density at radius 3 is 2.70 bits per heavy atom. The molecular weight excluding hydrogens is 268 g/mol. The summed E-state index contributed by atoms with van der Waals surface area (Å²) in [6.45, 7) is 0. The number of carbonyl (C=O) groups is 1. The standard InChI is InChI=1S/C16H24N2OS/c1-17-16(9-4-3-5-10-16)12-15(19)18-13-7-6-8-14(11-13)20-2/h6-8,11,17H,3-5,9-10,12H2,1-2H3,(H,18,19). The number of nitrogens with one attached hydrogen (secondary N) is 2. The number of amides is 1. The van der Waals surface area contributed by atoms with E-state index in [0.29, 0.717) is 6.42 Å². The van der Waals surface area contributed by atoms with Crippen molar-refractivity contribution in [1.82, 2.24) is 5.32 Å². The minimum Gasteiger partial charge on any atom is -0.326 e. The van der Waals surface area contributed by atoms with Crippen LogP contribution >= 0.6 is 11.8 Å². The molecule has 0 spiro atoms. The van der Waals surface area contributed by atoms with Gasteiger partial charge in [-0.25, -0.2) is 0 Å². The summed E-state index contributed by atoms with van der Waals surface area (Å²) in [6.07, 6.45) is 8.53. The second kappa shape index (κ2) is 7.14. The first-order chi connectivity index (χ1) is 9.67. The molecule has 0 heterocycles. The molecule has 1 aromatic rings. The van der Waals surface area contributed by atoms with Crippen LogP contribution in [0.5, 0.6) is 0 Å². The summed E-state index contributed by atoms with van der Waals surface area (Å²) in [5.41, 5.74) is 0.892. The second-order valence-corrected chi connectivity index (χ2v) is 6.43. The summed E-state index contributed by atoms with van der Waals surface area (Å²) in [5, 5.41) is 6.42. The third kappa shape index (κ3) is 4.00. The normalized spacial score (nSPS) is 17.7. The maximum Gasteiger partial charge on any atom is 0.226 e. The van der Waals surface area contributed by atoms with Gasteiger partial charge in [-0.3, -0.25) is 4.79 Å². The Bertz CT molecular complexity index is 456. The molecular formula is C16H24N2OS. The highest BCUT2D eigenvalue weighted by Crippen LogP contribution is 2.31. The van der Waals surface area contributed by atoms with Crippen LogP contribution in [0.3, 0.4) is 0 Å². The second-order valence-electron chi connectivity index (χ2n) is 5.55. The molecule has 0 radical (unpaired) electrons. The predicted octanol–water partition coefficient (Wildman–Crippen LogP) is 3.66. The SMILES string of the molecule is CNC1(CC(=O)Nc2cccc(SC)c2)CCCCC1. The molecule has 1 saturated carbocycles. The lowest BCUT2D eigenvalue weighted by Crippen LogP contribution is -2.47. The lowest BCUT2D eigenvalue weighted by molar-refractivity contribution is -0.117. The van der Waals surface area contributed by atoms with Crippen LogP contribution in [0.2, 0.25) is 0 Å². The Morgan fingerprint density at radius 2 is 2.05 bits per heavy atom. The van der Waals surface area contributed by atoms with E-state index in [-0.39, 0.29) is 11.4 Å². The average Bonchev–Trinajstić information content (AvgIpc) is 2.48. The molecule has 2 rings (SSSR count). The van der Waals surface area contributed by atoms with Crippen LogP contribution in [-0.2, 0) is 4.79 Å². The minimum absolute atomic E-state index is 0.000546. The smallest absolute Gasteiger partial charge is 0.226 e. The maximum absolute atomic E-state index is 12.3. The molecule has 0 saturated heterocycles. The molecule has 20 heavy (non-hydrogen) atoms. The average molecular weight is 292 g/mol. The molecule has 1 fully saturated rings. The van der Waals surface area contributed by atoms with Crippen molar-refractivity contribution >= 4 is 23.4 Å². The van der Waals surface area contributed by atoms with E-state index in [1.807, 2.05) is 31.5 Å². The zero-order valence-corrected chi connectivity index (χ0v) is 13.2. The van der Waals surface area contributed by atoms with Crippen molar-refractivity contribution < 1.29 is 4.79 Å². The first-order valence-electron chi connectivity index (χ1n) is 7.30. The maximum atomic E-state index is 12.3. The first kappa shape index (κ1) is 15.4. The number of benzene rings is 1. The van der Waals surface area contributed by atoms with Gasteiger partial charge in [0.2, 0.25) is 5.91 Å². The Morgan fingerprint density at radius 1 is 1.30 bits per heavy atom. The van der Waals surface area contributed by atoms with Crippen LogP contribution in [0, 0.1) is 0 Å². The quantitative estimate of drug-likeness (QED) is 0.814. The summed E-state index contributed by atoms with van der Waals surface area (Å²) in [7, 11) is 1.98. The van der Waals surface area contributed by atoms with Crippen LogP contribution in [0.15, 0.2) is 29.2 Å². The van der Waals surface area contributed by atoms with Crippen molar-refractivity contribution in [3.63, 3.8) is 0 Å². The van der Waals surface area contributed by atoms with Gasteiger partial charge in [0, 0.05) is 22.5 Å². The molecule has 1 amide bonds. The molecule has 2 N–H and O–H groups in total. The number of hydrogen-bond acceptors (Lipinski definition) is 3. The molecule has 0 atom stereocenters. The van der Waals surface area contributed by atoms with Gasteiger partial charge in [0.25, 0.3) is 0 Å². The van der Waals surface area contributed by atoms with E-state index in [9.17, 15) is 4.79 Å². The summed E-state index contributed by atoms with van der Waals surface area (Å²) >= 11 is 1.69. The molecule has 1 aromatic carbocycles. The van der Waals surface area contributed by atoms with Crippen LogP contribution in [0.25, 0.3) is 0 Å². The lowest BCUT2D eigenvalue weighted by Gasteiger charge is -2.36. The van der Waals surface area contributed by atoms with E-state index in [2.05, 4.69) is 16.7 Å². The van der Waals surface area contributed by atoms with E-state index in [4.69, 9.17) is 0 Å². The van der Waals surface area contributed by atoms with Crippen LogP contribution in [-0.4, -0.2) is 24.7 Å². The minimum atomic E-state index is -0.000546. The largest absolute Gasteiger partial charge is 0.326 e. The van der Waals surface area contributed by atoms with Crippen molar-refractivity contribution in [1.29, 1.82) is 0 Å². The Kier molecular flexibility index (Phi) is 5.49. The zero-order chi connectivity index (χ0) is 14.4. The first-order valence-corrected chi connectivity index (χ1v) is 8.53. The van der Waals surface area contributed by atoms with E-state index in [0.717, 1.165) is 18.5 Å². The fraction of sp³-hybridized carbons (Fsp3) is 0.562. The monoisotopic (exact) mass is 292 g/mol. The summed E-state index contributed by atoms with van der Waals surface area (Å²) < 4.78 is 0. The Balaban J connectivity index is 1.97. The van der Waals surface area contributed by atoms with Crippen molar-refractivity contribution in [2.45, 2.75) is 49.0 Å². The molecule has 0 unspecified atom stereocenters. The lowest BCUT2D eigenvalue weighted by atomic mass is 9.79. The number of carbonyl (C=O) groups excluding carboxylic acids is 1. The third-order valence-electron chi connectivity index (χ3n) is 4.19. The highest BCUT2D eigenvalue weighted by atomic mass is 32.2. The Hall–Kier alpha value is -1.00. The summed E-state index contributed by atoms with van der Waals surface area (Å²) in [5.74, 6) is 0.111. The number of thioether (sulfide) groups is 1. The molecule has 3 nitrogen and oxygen atoms in total. The van der Waals surface area contributed by atoms with Crippen molar-refractivity contribution in [2.24, 2.45) is 0 Å². The van der Waals surface area contributed by atoms with Gasteiger partial charge >= 0.3 is 0 Å². The van der Waals surface area contributed by atoms with Gasteiger partial charge < -0.3 is 10.6 Å². The third-order valence-corrected chi connectivity index (χ3v) is 4.92. The van der Waals surface area contributed by atoms with Gasteiger partial charge in [0.05, 0.1) is 0 Å². The fourth-order valence-corrected chi connectivity index (χ4v) is 3.42. The van der Waals surface area contributed by atoms with Crippen LogP contribution < -0.4 is 10.6 Å². The molecule has 0 aromatic heterocycles. The highest BCUT2D eigenvalue weighted by molar-refractivity contribution is 7.98. The Labute approximate surface area is 125 Å². The fourth-order valence-electron chi connectivity index (χ4n) is 2.96. The van der Waals surface area contributed by atoms with Gasteiger partial charge in [-0.05, 0) is 44.3 Å². The van der Waals surface area contributed by atoms with E-state index in [1.54, 1.807) is 11.8 Å². The van der Waals surface area contributed by atoms with Gasteiger partial charge in [0.15, 0.2) is 0 Å². The van der Waals surface area contributed by atoms with E-state index < -0.39 is 0 Å². The summed E-state index contributed by atoms with van der Waals surface area (Å²) in [6, 6.07) is 8.01. The van der Waals surface area contributed by atoms with Crippen molar-refractivity contribution in [3.8, 4) is 0 Å². The zero-order valence-electron chi connectivity index (χ0n) is 12.4. The van der Waals surface area contributed by atoms with Crippen molar-refractivity contribution in [3.05, 3.63) is 24.3 Å². The predicted molar refractivity (Wildman–Crippen MR) is 86.3 cm³/mol. The number of hydrogen-bond donors (Lipinski definition) is 2. The molecule has 1 aliphatic carbocycles. The summed E-state index contributed by atoms with van der Waals surface area (Å²) in [4.78, 5) is 13.5. The molecule has 0 aliphatic heterocycles. The van der Waals surface area contributed by atoms with Crippen LogP contribution in [0.1, 0.15) is 38.5 Å². The molecule has 1 aliphatic rings. The van der Waals surface area contributed by atoms with E-state index >= 15 is 0 Å². The van der Waals surface area contributed by atoms with Gasteiger partial charge in [-0.15, -0.1) is 11.8 Å². The van der Waals surface area contributed by atoms with Crippen LogP contribution in [0.4, 0.5) is 5.69 Å². The number of rotatable bonds is 5. The molecule has 110 valence electrons. The number of anilines is 1. The van der Waals surface area contributed by atoms with E-state index in [1.165, 1.54) is 24.2 Å². The molecule has 0 bridgehead atoms. The highest BCUT2D eigenvalue weighted by Gasteiger charge is 2.32. The van der Waals surface area contributed by atoms with Crippen molar-refractivity contribution in [2.75, 3.05) is 18.6 Å².